The van der Waals surface area contributed by atoms with Gasteiger partial charge in [-0.15, -0.1) is 12.6 Å². The summed E-state index contributed by atoms with van der Waals surface area (Å²) in [7, 11) is 0. The van der Waals surface area contributed by atoms with Gasteiger partial charge in [-0.25, -0.2) is 9.37 Å². The second-order valence-electron chi connectivity index (χ2n) is 10.0. The molecule has 1 aromatic heterocycles. The molecule has 0 spiro atoms. The van der Waals surface area contributed by atoms with Crippen LogP contribution in [0.3, 0.4) is 0 Å². The number of carbonyl (C=O) groups is 2. The van der Waals surface area contributed by atoms with Crippen molar-refractivity contribution in [3.8, 4) is 0 Å². The van der Waals surface area contributed by atoms with E-state index < -0.39 is 16.6 Å². The van der Waals surface area contributed by atoms with E-state index in [0.29, 0.717) is 29.2 Å². The van der Waals surface area contributed by atoms with E-state index in [2.05, 4.69) is 9.97 Å². The Hall–Kier alpha value is -3.24. The monoisotopic (exact) mass is 570 g/mol. The molecule has 2 aromatic rings. The first-order chi connectivity index (χ1) is 18.3. The third-order valence-electron chi connectivity index (χ3n) is 7.37. The van der Waals surface area contributed by atoms with Crippen molar-refractivity contribution in [2.45, 2.75) is 52.5 Å². The molecule has 0 aliphatic carbocycles. The number of nitrogen functional groups attached to an aromatic ring is 1. The fraction of sp³-hybridized carbons (Fsp3) is 0.393. The molecule has 3 heterocycles. The van der Waals surface area contributed by atoms with Crippen LogP contribution in [-0.4, -0.2) is 45.0 Å². The number of Topliss-reactive ketones (excluding diaryl/α,β-unsaturated/α-hetero) is 1. The number of anilines is 3. The van der Waals surface area contributed by atoms with Gasteiger partial charge in [0.25, 0.3) is 5.91 Å². The van der Waals surface area contributed by atoms with Crippen LogP contribution in [0.2, 0.25) is 0 Å². The molecule has 39 heavy (non-hydrogen) atoms. The Morgan fingerprint density at radius 3 is 2.56 bits per heavy atom. The van der Waals surface area contributed by atoms with Crippen LogP contribution in [0.4, 0.5) is 21.8 Å². The number of nitrogens with two attached hydrogens (primary N) is 1. The molecule has 0 bridgehead atoms. The second kappa shape index (κ2) is 10.7. The number of thiol groups is 1. The number of ketones is 1. The number of aromatic nitrogens is 2. The Kier molecular flexibility index (Phi) is 7.91. The standard InChI is InChI=1S/C28H32ClFN6O2S/c1-7-9-21(29)22-15(3)16(4)32-26(36(25(22)38)20-11-8-10-19(30)12-20)28(39)14(2)13-35(28)24-23(18(6)37)17(5)33-27(31)34-24/h7-12,14-16,39H,13H2,1-6H3,(H2,31,33,34). The first kappa shape index (κ1) is 28.8. The van der Waals surface area contributed by atoms with Crippen molar-refractivity contribution in [1.29, 1.82) is 0 Å². The van der Waals surface area contributed by atoms with Crippen molar-refractivity contribution in [2.24, 2.45) is 16.8 Å². The van der Waals surface area contributed by atoms with E-state index >= 15 is 0 Å². The first-order valence-electron chi connectivity index (χ1n) is 12.7. The summed E-state index contributed by atoms with van der Waals surface area (Å²) in [6, 6.07) is 5.35. The normalized spacial score (nSPS) is 26.8. The van der Waals surface area contributed by atoms with Gasteiger partial charge in [0.2, 0.25) is 5.95 Å². The van der Waals surface area contributed by atoms with Gasteiger partial charge in [0.1, 0.15) is 22.3 Å². The number of halogens is 2. The highest BCUT2D eigenvalue weighted by atomic mass is 35.5. The highest BCUT2D eigenvalue weighted by Crippen LogP contribution is 2.48. The zero-order chi connectivity index (χ0) is 28.8. The largest absolute Gasteiger partial charge is 0.368 e. The molecule has 8 nitrogen and oxygen atoms in total. The predicted octanol–water partition coefficient (Wildman–Crippen LogP) is 5.33. The lowest BCUT2D eigenvalue weighted by Gasteiger charge is -2.57. The Morgan fingerprint density at radius 1 is 1.28 bits per heavy atom. The van der Waals surface area contributed by atoms with Gasteiger partial charge in [0.15, 0.2) is 5.78 Å². The van der Waals surface area contributed by atoms with Gasteiger partial charge < -0.3 is 10.6 Å². The van der Waals surface area contributed by atoms with E-state index in [9.17, 15) is 14.0 Å². The van der Waals surface area contributed by atoms with Crippen LogP contribution in [0.5, 0.6) is 0 Å². The smallest absolute Gasteiger partial charge is 0.261 e. The summed E-state index contributed by atoms with van der Waals surface area (Å²) in [5.41, 5.74) is 7.38. The average molecular weight is 571 g/mol. The van der Waals surface area contributed by atoms with Crippen molar-refractivity contribution in [3.63, 3.8) is 0 Å². The Morgan fingerprint density at radius 2 is 1.97 bits per heavy atom. The Labute approximate surface area is 238 Å². The Bertz CT molecular complexity index is 1440. The van der Waals surface area contributed by atoms with E-state index in [-0.39, 0.29) is 46.2 Å². The highest BCUT2D eigenvalue weighted by Gasteiger charge is 2.57. The highest BCUT2D eigenvalue weighted by molar-refractivity contribution is 7.83. The number of hydrogen-bond acceptors (Lipinski definition) is 8. The second-order valence-corrected chi connectivity index (χ2v) is 11.1. The summed E-state index contributed by atoms with van der Waals surface area (Å²) < 4.78 is 14.5. The number of rotatable bonds is 5. The number of allylic oxidation sites excluding steroid dienone is 3. The molecule has 1 fully saturated rings. The van der Waals surface area contributed by atoms with Crippen LogP contribution in [0.1, 0.15) is 50.7 Å². The summed E-state index contributed by atoms with van der Waals surface area (Å²) >= 11 is 11.8. The number of aliphatic imine (C=N–C) groups is 1. The summed E-state index contributed by atoms with van der Waals surface area (Å²) in [6.07, 6.45) is 3.41. The predicted molar refractivity (Wildman–Crippen MR) is 157 cm³/mol. The van der Waals surface area contributed by atoms with Gasteiger partial charge in [0, 0.05) is 29.0 Å². The maximum Gasteiger partial charge on any atom is 0.261 e. The molecule has 2 N–H and O–H groups in total. The fourth-order valence-electron chi connectivity index (χ4n) is 5.15. The number of aryl methyl sites for hydroxylation is 1. The molecule has 4 rings (SSSR count). The molecular formula is C28H32ClFN6O2S. The molecular weight excluding hydrogens is 539 g/mol. The van der Waals surface area contributed by atoms with Gasteiger partial charge in [0.05, 0.1) is 23.0 Å². The lowest BCUT2D eigenvalue weighted by molar-refractivity contribution is -0.114. The van der Waals surface area contributed by atoms with Crippen LogP contribution >= 0.6 is 24.2 Å². The fourth-order valence-corrected chi connectivity index (χ4v) is 5.95. The van der Waals surface area contributed by atoms with E-state index in [1.54, 1.807) is 30.0 Å². The van der Waals surface area contributed by atoms with Crippen LogP contribution < -0.4 is 15.5 Å². The molecule has 2 aliphatic rings. The number of amides is 1. The molecule has 2 aliphatic heterocycles. The van der Waals surface area contributed by atoms with Crippen molar-refractivity contribution < 1.29 is 14.0 Å². The first-order valence-corrected chi connectivity index (χ1v) is 13.5. The minimum Gasteiger partial charge on any atom is -0.368 e. The topological polar surface area (TPSA) is 105 Å². The van der Waals surface area contributed by atoms with Crippen LogP contribution in [-0.2, 0) is 4.79 Å². The molecule has 0 radical (unpaired) electrons. The number of nitrogens with zero attached hydrogens (tertiary/aromatic N) is 5. The molecule has 1 aromatic carbocycles. The summed E-state index contributed by atoms with van der Waals surface area (Å²) in [5.74, 6) is -1.10. The van der Waals surface area contributed by atoms with E-state index in [0.717, 1.165) is 0 Å². The van der Waals surface area contributed by atoms with Crippen molar-refractivity contribution in [2.75, 3.05) is 22.1 Å². The lowest BCUT2D eigenvalue weighted by Crippen LogP contribution is -2.71. The SMILES string of the molecule is CC=CC(Cl)=C1C(=O)N(c2cccc(F)c2)C(C2(S)C(C)CN2c2nc(N)nc(C)c2C(C)=O)=NC(C)C1C. The van der Waals surface area contributed by atoms with Gasteiger partial charge >= 0.3 is 0 Å². The molecule has 1 saturated heterocycles. The zero-order valence-electron chi connectivity index (χ0n) is 22.7. The van der Waals surface area contributed by atoms with E-state index in [1.807, 2.05) is 27.7 Å². The maximum atomic E-state index is 14.5. The minimum atomic E-state index is -1.21. The Balaban J connectivity index is 2.00. The molecule has 1 amide bonds. The van der Waals surface area contributed by atoms with E-state index in [4.69, 9.17) is 35.0 Å². The van der Waals surface area contributed by atoms with Crippen LogP contribution in [0, 0.1) is 24.6 Å². The van der Waals surface area contributed by atoms with Crippen LogP contribution in [0.25, 0.3) is 0 Å². The maximum absolute atomic E-state index is 14.5. The van der Waals surface area contributed by atoms with Crippen molar-refractivity contribution >= 4 is 59.2 Å². The molecule has 0 saturated carbocycles. The number of amidine groups is 1. The van der Waals surface area contributed by atoms with E-state index in [1.165, 1.54) is 30.0 Å². The average Bonchev–Trinajstić information content (AvgIpc) is 2.94. The zero-order valence-corrected chi connectivity index (χ0v) is 24.4. The summed E-state index contributed by atoms with van der Waals surface area (Å²) in [5, 5.41) is 0.282. The summed E-state index contributed by atoms with van der Waals surface area (Å²) in [6.45, 7) is 11.1. The molecule has 4 unspecified atom stereocenters. The number of benzene rings is 1. The molecule has 206 valence electrons. The quantitative estimate of drug-likeness (QED) is 0.286. The summed E-state index contributed by atoms with van der Waals surface area (Å²) in [4.78, 5) is 42.6. The van der Waals surface area contributed by atoms with Gasteiger partial charge in [-0.1, -0.05) is 37.6 Å². The molecule has 4 atom stereocenters. The van der Waals surface area contributed by atoms with Crippen LogP contribution in [0.15, 0.2) is 52.0 Å². The number of carbonyl (C=O) groups excluding carboxylic acids is 2. The minimum absolute atomic E-state index is 0.00829. The van der Waals surface area contributed by atoms with Gasteiger partial charge in [-0.3, -0.25) is 19.5 Å². The lowest BCUT2D eigenvalue weighted by atomic mass is 9.86. The third kappa shape index (κ3) is 4.84. The molecule has 11 heteroatoms. The number of hydrogen-bond donors (Lipinski definition) is 2. The van der Waals surface area contributed by atoms with Crippen molar-refractivity contribution in [3.05, 3.63) is 64.1 Å². The van der Waals surface area contributed by atoms with Gasteiger partial charge in [-0.05, 0) is 52.0 Å². The van der Waals surface area contributed by atoms with Crippen molar-refractivity contribution in [1.82, 2.24) is 9.97 Å². The van der Waals surface area contributed by atoms with Gasteiger partial charge in [-0.2, -0.15) is 4.98 Å². The third-order valence-corrected chi connectivity index (χ3v) is 8.58.